The number of benzene rings is 2. The van der Waals surface area contributed by atoms with E-state index in [2.05, 4.69) is 0 Å². The van der Waals surface area contributed by atoms with Crippen LogP contribution in [0.3, 0.4) is 0 Å². The fraction of sp³-hybridized carbons (Fsp3) is 0.200. The van der Waals surface area contributed by atoms with Crippen LogP contribution in [0.1, 0.15) is 16.7 Å². The minimum Gasteiger partial charge on any atom is -0.454 e. The SMILES string of the molecule is OC1(c2ccccc2)Cc2cc3c(cc21)OCO3. The van der Waals surface area contributed by atoms with Crippen LogP contribution in [0.15, 0.2) is 42.5 Å². The molecule has 0 saturated carbocycles. The van der Waals surface area contributed by atoms with Crippen molar-refractivity contribution in [1.29, 1.82) is 0 Å². The van der Waals surface area contributed by atoms with Crippen molar-refractivity contribution < 1.29 is 14.6 Å². The Kier molecular flexibility index (Phi) is 1.81. The van der Waals surface area contributed by atoms with Gasteiger partial charge in [-0.1, -0.05) is 30.3 Å². The van der Waals surface area contributed by atoms with Crippen LogP contribution >= 0.6 is 0 Å². The third-order valence-corrected chi connectivity index (χ3v) is 3.74. The van der Waals surface area contributed by atoms with Crippen LogP contribution in [-0.2, 0) is 12.0 Å². The van der Waals surface area contributed by atoms with E-state index >= 15 is 0 Å². The Labute approximate surface area is 105 Å². The van der Waals surface area contributed by atoms with E-state index in [9.17, 15) is 5.11 Å². The van der Waals surface area contributed by atoms with Gasteiger partial charge in [-0.05, 0) is 28.8 Å². The molecule has 3 nitrogen and oxygen atoms in total. The highest BCUT2D eigenvalue weighted by molar-refractivity contribution is 5.58. The first-order valence-corrected chi connectivity index (χ1v) is 5.98. The monoisotopic (exact) mass is 240 g/mol. The molecule has 0 fully saturated rings. The lowest BCUT2D eigenvalue weighted by Gasteiger charge is -2.40. The van der Waals surface area contributed by atoms with Crippen LogP contribution in [0.4, 0.5) is 0 Å². The summed E-state index contributed by atoms with van der Waals surface area (Å²) in [5.41, 5.74) is 2.11. The molecule has 1 N–H and O–H groups in total. The molecule has 0 spiro atoms. The average molecular weight is 240 g/mol. The van der Waals surface area contributed by atoms with Crippen LogP contribution in [0.25, 0.3) is 0 Å². The predicted octanol–water partition coefficient (Wildman–Crippen LogP) is 2.21. The zero-order valence-electron chi connectivity index (χ0n) is 9.72. The highest BCUT2D eigenvalue weighted by Gasteiger charge is 2.43. The summed E-state index contributed by atoms with van der Waals surface area (Å²) >= 11 is 0. The number of aliphatic hydroxyl groups is 1. The largest absolute Gasteiger partial charge is 0.454 e. The molecule has 2 aliphatic rings. The van der Waals surface area contributed by atoms with Crippen LogP contribution in [-0.4, -0.2) is 11.9 Å². The van der Waals surface area contributed by atoms with Gasteiger partial charge in [0, 0.05) is 6.42 Å². The summed E-state index contributed by atoms with van der Waals surface area (Å²) in [6.07, 6.45) is 0.628. The second-order valence-corrected chi connectivity index (χ2v) is 4.77. The molecule has 18 heavy (non-hydrogen) atoms. The van der Waals surface area contributed by atoms with E-state index in [1.165, 1.54) is 0 Å². The van der Waals surface area contributed by atoms with Gasteiger partial charge in [0.2, 0.25) is 6.79 Å². The third-order valence-electron chi connectivity index (χ3n) is 3.74. The Morgan fingerprint density at radius 3 is 2.50 bits per heavy atom. The van der Waals surface area contributed by atoms with E-state index < -0.39 is 5.60 Å². The first kappa shape index (κ1) is 9.97. The van der Waals surface area contributed by atoms with Gasteiger partial charge >= 0.3 is 0 Å². The van der Waals surface area contributed by atoms with E-state index in [1.54, 1.807) is 0 Å². The summed E-state index contributed by atoms with van der Waals surface area (Å²) in [6, 6.07) is 13.6. The Morgan fingerprint density at radius 1 is 1.00 bits per heavy atom. The van der Waals surface area contributed by atoms with Gasteiger partial charge in [0.05, 0.1) is 0 Å². The van der Waals surface area contributed by atoms with Crippen molar-refractivity contribution in [2.45, 2.75) is 12.0 Å². The standard InChI is InChI=1S/C15H12O3/c16-15(11-4-2-1-3-5-11)8-10-6-13-14(7-12(10)15)18-9-17-13/h1-7,16H,8-9H2. The normalized spacial score (nSPS) is 23.4. The summed E-state index contributed by atoms with van der Waals surface area (Å²) in [7, 11) is 0. The van der Waals surface area contributed by atoms with Gasteiger partial charge in [0.15, 0.2) is 11.5 Å². The average Bonchev–Trinajstić information content (AvgIpc) is 2.85. The van der Waals surface area contributed by atoms with Gasteiger partial charge in [0.25, 0.3) is 0 Å². The quantitative estimate of drug-likeness (QED) is 0.830. The first-order valence-electron chi connectivity index (χ1n) is 5.98. The lowest BCUT2D eigenvalue weighted by Crippen LogP contribution is -2.39. The number of fused-ring (bicyclic) bond motifs is 2. The molecule has 0 aromatic heterocycles. The third kappa shape index (κ3) is 1.17. The second kappa shape index (κ2) is 3.27. The molecule has 1 aliphatic carbocycles. The maximum absolute atomic E-state index is 10.8. The molecule has 0 radical (unpaired) electrons. The Balaban J connectivity index is 1.83. The molecule has 90 valence electrons. The highest BCUT2D eigenvalue weighted by atomic mass is 16.7. The summed E-state index contributed by atoms with van der Waals surface area (Å²) in [5, 5.41) is 10.8. The number of hydrogen-bond acceptors (Lipinski definition) is 3. The smallest absolute Gasteiger partial charge is 0.231 e. The molecular weight excluding hydrogens is 228 g/mol. The fourth-order valence-electron chi connectivity index (χ4n) is 2.75. The maximum atomic E-state index is 10.8. The molecule has 0 amide bonds. The van der Waals surface area contributed by atoms with Crippen molar-refractivity contribution in [3.8, 4) is 11.5 Å². The van der Waals surface area contributed by atoms with E-state index in [4.69, 9.17) is 9.47 Å². The minimum atomic E-state index is -0.877. The maximum Gasteiger partial charge on any atom is 0.231 e. The van der Waals surface area contributed by atoms with E-state index in [-0.39, 0.29) is 6.79 Å². The number of hydrogen-bond donors (Lipinski definition) is 1. The summed E-state index contributed by atoms with van der Waals surface area (Å²) < 4.78 is 10.7. The Bertz CT molecular complexity index is 621. The molecule has 0 bridgehead atoms. The lowest BCUT2D eigenvalue weighted by atomic mass is 9.69. The molecule has 1 aliphatic heterocycles. The van der Waals surface area contributed by atoms with E-state index in [0.717, 1.165) is 28.2 Å². The molecule has 1 heterocycles. The van der Waals surface area contributed by atoms with Crippen LogP contribution in [0, 0.1) is 0 Å². The van der Waals surface area contributed by atoms with Crippen molar-refractivity contribution >= 4 is 0 Å². The molecule has 0 saturated heterocycles. The molecule has 2 aromatic carbocycles. The van der Waals surface area contributed by atoms with Crippen molar-refractivity contribution in [2.75, 3.05) is 6.79 Å². The van der Waals surface area contributed by atoms with Gasteiger partial charge in [-0.3, -0.25) is 0 Å². The minimum absolute atomic E-state index is 0.266. The van der Waals surface area contributed by atoms with Gasteiger partial charge in [-0.2, -0.15) is 0 Å². The van der Waals surface area contributed by atoms with Crippen molar-refractivity contribution in [1.82, 2.24) is 0 Å². The molecule has 1 unspecified atom stereocenters. The van der Waals surface area contributed by atoms with Gasteiger partial charge in [-0.25, -0.2) is 0 Å². The van der Waals surface area contributed by atoms with Gasteiger partial charge in [-0.15, -0.1) is 0 Å². The lowest BCUT2D eigenvalue weighted by molar-refractivity contribution is 0.0560. The van der Waals surface area contributed by atoms with Crippen molar-refractivity contribution in [2.24, 2.45) is 0 Å². The first-order chi connectivity index (χ1) is 8.77. The highest BCUT2D eigenvalue weighted by Crippen LogP contribution is 2.49. The van der Waals surface area contributed by atoms with Gasteiger partial charge in [0.1, 0.15) is 5.60 Å². The Hall–Kier alpha value is -2.00. The van der Waals surface area contributed by atoms with Crippen molar-refractivity contribution in [3.63, 3.8) is 0 Å². The van der Waals surface area contributed by atoms with E-state index in [0.29, 0.717) is 6.42 Å². The zero-order chi connectivity index (χ0) is 12.2. The fourth-order valence-corrected chi connectivity index (χ4v) is 2.75. The number of ether oxygens (including phenoxy) is 2. The zero-order valence-corrected chi connectivity index (χ0v) is 9.72. The van der Waals surface area contributed by atoms with Crippen LogP contribution in [0.2, 0.25) is 0 Å². The molecule has 3 heteroatoms. The number of rotatable bonds is 1. The molecule has 1 atom stereocenters. The summed E-state index contributed by atoms with van der Waals surface area (Å²) in [5.74, 6) is 1.51. The van der Waals surface area contributed by atoms with Crippen LogP contribution in [0.5, 0.6) is 11.5 Å². The van der Waals surface area contributed by atoms with Crippen molar-refractivity contribution in [3.05, 3.63) is 59.2 Å². The molecular formula is C15H12O3. The predicted molar refractivity (Wildman–Crippen MR) is 65.7 cm³/mol. The summed E-state index contributed by atoms with van der Waals surface area (Å²) in [4.78, 5) is 0. The second-order valence-electron chi connectivity index (χ2n) is 4.77. The molecule has 4 rings (SSSR count). The summed E-state index contributed by atoms with van der Waals surface area (Å²) in [6.45, 7) is 0.266. The Morgan fingerprint density at radius 2 is 1.72 bits per heavy atom. The van der Waals surface area contributed by atoms with E-state index in [1.807, 2.05) is 42.5 Å². The molecule has 2 aromatic rings. The topological polar surface area (TPSA) is 38.7 Å². The van der Waals surface area contributed by atoms with Gasteiger partial charge < -0.3 is 14.6 Å². The van der Waals surface area contributed by atoms with Crippen LogP contribution < -0.4 is 9.47 Å².